The highest BCUT2D eigenvalue weighted by Gasteiger charge is 2.36. The molecular weight excluding hydrogens is 386 g/mol. The zero-order valence-electron chi connectivity index (χ0n) is 16.6. The van der Waals surface area contributed by atoms with E-state index < -0.39 is 0 Å². The number of hydrogen-bond donors (Lipinski definition) is 1. The van der Waals surface area contributed by atoms with Crippen molar-refractivity contribution < 1.29 is 9.59 Å². The molecule has 4 rings (SSSR count). The Morgan fingerprint density at radius 2 is 2.03 bits per heavy atom. The molecule has 2 amide bonds. The van der Waals surface area contributed by atoms with Gasteiger partial charge in [-0.15, -0.1) is 0 Å². The van der Waals surface area contributed by atoms with Crippen LogP contribution in [0, 0.1) is 5.92 Å². The normalized spacial score (nSPS) is 16.6. The van der Waals surface area contributed by atoms with Crippen LogP contribution in [0.25, 0.3) is 22.0 Å². The number of aryl methyl sites for hydroxylation is 1. The lowest BCUT2D eigenvalue weighted by molar-refractivity contribution is -0.129. The summed E-state index contributed by atoms with van der Waals surface area (Å²) in [5.74, 6) is 0.300. The highest BCUT2D eigenvalue weighted by atomic mass is 32.1. The molecule has 1 aliphatic rings. The van der Waals surface area contributed by atoms with Gasteiger partial charge in [-0.05, 0) is 13.8 Å². The molecule has 2 aromatic heterocycles. The smallest absolute Gasteiger partial charge is 0.231 e. The van der Waals surface area contributed by atoms with Gasteiger partial charge in [0.15, 0.2) is 11.0 Å². The second-order valence-electron chi connectivity index (χ2n) is 7.45. The van der Waals surface area contributed by atoms with Gasteiger partial charge >= 0.3 is 0 Å². The van der Waals surface area contributed by atoms with E-state index in [1.807, 2.05) is 62.0 Å². The standard InChI is InChI=1S/C21H23N5O2S/c1-13(2)26-12-15(11-16(26)27)20(28)24-21-23-17(14-7-5-4-6-8-14)18(29-21)19-22-9-10-25(19)3/h4-10,13,15H,11-12H2,1-3H3,(H,23,24,28). The lowest BCUT2D eigenvalue weighted by Crippen LogP contribution is -2.33. The number of carbonyl (C=O) groups excluding carboxylic acids is 2. The summed E-state index contributed by atoms with van der Waals surface area (Å²) in [5.41, 5.74) is 1.75. The van der Waals surface area contributed by atoms with Crippen LogP contribution in [0.5, 0.6) is 0 Å². The van der Waals surface area contributed by atoms with Crippen molar-refractivity contribution in [1.29, 1.82) is 0 Å². The van der Waals surface area contributed by atoms with Gasteiger partial charge in [0.1, 0.15) is 0 Å². The molecule has 1 aliphatic heterocycles. The molecule has 1 fully saturated rings. The SMILES string of the molecule is CC(C)N1CC(C(=O)Nc2nc(-c3ccccc3)c(-c3nccn3C)s2)CC1=O. The van der Waals surface area contributed by atoms with Crippen LogP contribution in [-0.4, -0.2) is 43.8 Å². The summed E-state index contributed by atoms with van der Waals surface area (Å²) < 4.78 is 1.93. The number of thiazole rings is 1. The lowest BCUT2D eigenvalue weighted by atomic mass is 10.1. The van der Waals surface area contributed by atoms with Gasteiger partial charge in [0, 0.05) is 44.0 Å². The van der Waals surface area contributed by atoms with Crippen molar-refractivity contribution in [1.82, 2.24) is 19.4 Å². The van der Waals surface area contributed by atoms with Gasteiger partial charge in [-0.3, -0.25) is 9.59 Å². The van der Waals surface area contributed by atoms with E-state index in [1.165, 1.54) is 11.3 Å². The molecule has 1 saturated heterocycles. The second-order valence-corrected chi connectivity index (χ2v) is 8.45. The van der Waals surface area contributed by atoms with Gasteiger partial charge < -0.3 is 14.8 Å². The minimum absolute atomic E-state index is 0.0259. The number of carbonyl (C=O) groups is 2. The topological polar surface area (TPSA) is 80.1 Å². The van der Waals surface area contributed by atoms with Crippen LogP contribution in [-0.2, 0) is 16.6 Å². The molecule has 3 heterocycles. The van der Waals surface area contributed by atoms with E-state index >= 15 is 0 Å². The quantitative estimate of drug-likeness (QED) is 0.700. The molecule has 8 heteroatoms. The van der Waals surface area contributed by atoms with Crippen LogP contribution in [0.15, 0.2) is 42.7 Å². The van der Waals surface area contributed by atoms with Crippen molar-refractivity contribution in [3.63, 3.8) is 0 Å². The first-order valence-corrected chi connectivity index (χ1v) is 10.4. The van der Waals surface area contributed by atoms with Crippen LogP contribution in [0.3, 0.4) is 0 Å². The Balaban J connectivity index is 1.62. The van der Waals surface area contributed by atoms with Gasteiger partial charge in [0.2, 0.25) is 11.8 Å². The molecule has 0 bridgehead atoms. The summed E-state index contributed by atoms with van der Waals surface area (Å²) >= 11 is 1.40. The molecule has 1 aromatic carbocycles. The molecular formula is C21H23N5O2S. The highest BCUT2D eigenvalue weighted by molar-refractivity contribution is 7.19. The number of imidazole rings is 1. The first-order valence-electron chi connectivity index (χ1n) is 9.58. The molecule has 7 nitrogen and oxygen atoms in total. The predicted molar refractivity (Wildman–Crippen MR) is 113 cm³/mol. The molecule has 0 aliphatic carbocycles. The van der Waals surface area contributed by atoms with E-state index in [0.29, 0.717) is 11.7 Å². The molecule has 0 radical (unpaired) electrons. The number of anilines is 1. The van der Waals surface area contributed by atoms with Gasteiger partial charge in [0.05, 0.1) is 16.5 Å². The van der Waals surface area contributed by atoms with Crippen molar-refractivity contribution >= 4 is 28.3 Å². The third-order valence-corrected chi connectivity index (χ3v) is 6.05. The van der Waals surface area contributed by atoms with Gasteiger partial charge in [-0.25, -0.2) is 9.97 Å². The summed E-state index contributed by atoms with van der Waals surface area (Å²) in [5, 5.41) is 3.44. The number of aromatic nitrogens is 3. The molecule has 3 aromatic rings. The Kier molecular flexibility index (Phi) is 5.19. The van der Waals surface area contributed by atoms with E-state index in [9.17, 15) is 9.59 Å². The summed E-state index contributed by atoms with van der Waals surface area (Å²) in [7, 11) is 1.93. The van der Waals surface area contributed by atoms with Gasteiger partial charge in [-0.2, -0.15) is 0 Å². The third kappa shape index (κ3) is 3.80. The Morgan fingerprint density at radius 3 is 2.66 bits per heavy atom. The molecule has 150 valence electrons. The molecule has 0 saturated carbocycles. The minimum atomic E-state index is -0.356. The third-order valence-electron chi connectivity index (χ3n) is 5.08. The molecule has 29 heavy (non-hydrogen) atoms. The maximum atomic E-state index is 12.8. The average Bonchev–Trinajstić information content (AvgIpc) is 3.40. The summed E-state index contributed by atoms with van der Waals surface area (Å²) in [6.07, 6.45) is 3.87. The van der Waals surface area contributed by atoms with Crippen LogP contribution >= 0.6 is 11.3 Å². The fourth-order valence-corrected chi connectivity index (χ4v) is 4.54. The van der Waals surface area contributed by atoms with Crippen LogP contribution in [0.4, 0.5) is 5.13 Å². The second kappa shape index (κ2) is 7.79. The molecule has 0 spiro atoms. The Morgan fingerprint density at radius 1 is 1.28 bits per heavy atom. The predicted octanol–water partition coefficient (Wildman–Crippen LogP) is 3.41. The van der Waals surface area contributed by atoms with E-state index in [4.69, 9.17) is 4.98 Å². The van der Waals surface area contributed by atoms with Crippen molar-refractivity contribution in [2.45, 2.75) is 26.3 Å². The maximum absolute atomic E-state index is 12.8. The fraction of sp³-hybridized carbons (Fsp3) is 0.333. The zero-order valence-corrected chi connectivity index (χ0v) is 17.4. The maximum Gasteiger partial charge on any atom is 0.231 e. The van der Waals surface area contributed by atoms with E-state index in [-0.39, 0.29) is 30.2 Å². The van der Waals surface area contributed by atoms with E-state index in [1.54, 1.807) is 11.1 Å². The lowest BCUT2D eigenvalue weighted by Gasteiger charge is -2.20. The first-order chi connectivity index (χ1) is 13.9. The van der Waals surface area contributed by atoms with Crippen LogP contribution < -0.4 is 5.32 Å². The minimum Gasteiger partial charge on any atom is -0.339 e. The highest BCUT2D eigenvalue weighted by Crippen LogP contribution is 2.38. The van der Waals surface area contributed by atoms with E-state index in [0.717, 1.165) is 22.0 Å². The van der Waals surface area contributed by atoms with Gasteiger partial charge in [0.25, 0.3) is 0 Å². The Labute approximate surface area is 173 Å². The summed E-state index contributed by atoms with van der Waals surface area (Å²) in [6, 6.07) is 9.95. The average molecular weight is 410 g/mol. The number of hydrogen-bond acceptors (Lipinski definition) is 5. The largest absolute Gasteiger partial charge is 0.339 e. The van der Waals surface area contributed by atoms with Gasteiger partial charge in [-0.1, -0.05) is 41.7 Å². The van der Waals surface area contributed by atoms with Crippen LogP contribution in [0.2, 0.25) is 0 Å². The molecule has 1 N–H and O–H groups in total. The number of rotatable bonds is 5. The number of nitrogens with one attached hydrogen (secondary N) is 1. The summed E-state index contributed by atoms with van der Waals surface area (Å²) in [6.45, 7) is 4.38. The van der Waals surface area contributed by atoms with Crippen LogP contribution in [0.1, 0.15) is 20.3 Å². The van der Waals surface area contributed by atoms with Crippen molar-refractivity contribution in [3.05, 3.63) is 42.7 Å². The molecule has 1 atom stereocenters. The van der Waals surface area contributed by atoms with Crippen molar-refractivity contribution in [2.24, 2.45) is 13.0 Å². The van der Waals surface area contributed by atoms with Crippen molar-refractivity contribution in [3.8, 4) is 22.0 Å². The van der Waals surface area contributed by atoms with E-state index in [2.05, 4.69) is 10.3 Å². The molecule has 1 unspecified atom stereocenters. The summed E-state index contributed by atoms with van der Waals surface area (Å²) in [4.78, 5) is 36.7. The zero-order chi connectivity index (χ0) is 20.5. The number of benzene rings is 1. The monoisotopic (exact) mass is 409 g/mol. The number of nitrogens with zero attached hydrogens (tertiary/aromatic N) is 4. The first kappa shape index (κ1) is 19.3. The fourth-order valence-electron chi connectivity index (χ4n) is 3.51. The Hall–Kier alpha value is -3.00. The van der Waals surface area contributed by atoms with Crippen molar-refractivity contribution in [2.75, 3.05) is 11.9 Å². The number of amides is 2. The Bertz CT molecular complexity index is 1040. The number of likely N-dealkylation sites (tertiary alicyclic amines) is 1.